The van der Waals surface area contributed by atoms with Crippen LogP contribution in [0.5, 0.6) is 0 Å². The third kappa shape index (κ3) is 1.63. The Morgan fingerprint density at radius 3 is 2.89 bits per heavy atom. The Hall–Kier alpha value is -0.150. The van der Waals surface area contributed by atoms with Crippen LogP contribution >= 0.6 is 0 Å². The normalized spacial score (nSPS) is 36.7. The SMILES string of the molecule is NC[C@@H]1CCCOC1F. The van der Waals surface area contributed by atoms with Crippen LogP contribution in [-0.4, -0.2) is 19.5 Å². The van der Waals surface area contributed by atoms with E-state index in [1.54, 1.807) is 0 Å². The molecule has 1 heterocycles. The zero-order valence-corrected chi connectivity index (χ0v) is 5.35. The van der Waals surface area contributed by atoms with Crippen LogP contribution in [0.4, 0.5) is 4.39 Å². The molecule has 0 aromatic heterocycles. The summed E-state index contributed by atoms with van der Waals surface area (Å²) in [6, 6.07) is 0. The number of hydrogen-bond donors (Lipinski definition) is 1. The third-order valence-corrected chi connectivity index (χ3v) is 1.67. The van der Waals surface area contributed by atoms with Crippen LogP contribution in [0.15, 0.2) is 0 Å². The number of hydrogen-bond acceptors (Lipinski definition) is 2. The van der Waals surface area contributed by atoms with E-state index in [0.717, 1.165) is 12.8 Å². The lowest BCUT2D eigenvalue weighted by molar-refractivity contribution is -0.103. The standard InChI is InChI=1S/C6H12FNO/c7-6-5(4-8)2-1-3-9-6/h5-6H,1-4,8H2/t5-,6?/m0/s1. The van der Waals surface area contributed by atoms with E-state index in [1.807, 2.05) is 0 Å². The van der Waals surface area contributed by atoms with Crippen molar-refractivity contribution in [1.29, 1.82) is 0 Å². The predicted octanol–water partition coefficient (Wildman–Crippen LogP) is 0.667. The lowest BCUT2D eigenvalue weighted by atomic mass is 10.0. The van der Waals surface area contributed by atoms with Crippen molar-refractivity contribution in [2.45, 2.75) is 19.2 Å². The molecule has 1 aliphatic heterocycles. The number of halogens is 1. The van der Waals surface area contributed by atoms with E-state index in [-0.39, 0.29) is 5.92 Å². The van der Waals surface area contributed by atoms with Crippen molar-refractivity contribution in [1.82, 2.24) is 0 Å². The molecule has 1 rings (SSSR count). The van der Waals surface area contributed by atoms with Gasteiger partial charge in [0.05, 0.1) is 6.61 Å². The Morgan fingerprint density at radius 1 is 1.67 bits per heavy atom. The first kappa shape index (κ1) is 6.96. The minimum atomic E-state index is -1.11. The molecule has 2 N–H and O–H groups in total. The predicted molar refractivity (Wildman–Crippen MR) is 32.6 cm³/mol. The van der Waals surface area contributed by atoms with Crippen molar-refractivity contribution in [3.63, 3.8) is 0 Å². The zero-order chi connectivity index (χ0) is 6.69. The van der Waals surface area contributed by atoms with E-state index in [0.29, 0.717) is 13.2 Å². The highest BCUT2D eigenvalue weighted by Gasteiger charge is 2.23. The maximum absolute atomic E-state index is 12.5. The van der Waals surface area contributed by atoms with Crippen LogP contribution in [0.25, 0.3) is 0 Å². The average molecular weight is 133 g/mol. The van der Waals surface area contributed by atoms with Crippen molar-refractivity contribution in [3.8, 4) is 0 Å². The van der Waals surface area contributed by atoms with Crippen molar-refractivity contribution < 1.29 is 9.13 Å². The Kier molecular flexibility index (Phi) is 2.42. The molecule has 0 aromatic rings. The second kappa shape index (κ2) is 3.13. The van der Waals surface area contributed by atoms with Crippen LogP contribution in [0.2, 0.25) is 0 Å². The van der Waals surface area contributed by atoms with Gasteiger partial charge >= 0.3 is 0 Å². The molecular weight excluding hydrogens is 121 g/mol. The van der Waals surface area contributed by atoms with Gasteiger partial charge < -0.3 is 10.5 Å². The number of nitrogens with two attached hydrogens (primary N) is 1. The van der Waals surface area contributed by atoms with Crippen LogP contribution in [-0.2, 0) is 4.74 Å². The Bertz CT molecular complexity index is 89.1. The average Bonchev–Trinajstić information content (AvgIpc) is 1.89. The number of alkyl halides is 1. The lowest BCUT2D eigenvalue weighted by Crippen LogP contribution is -2.31. The van der Waals surface area contributed by atoms with Crippen molar-refractivity contribution in [2.24, 2.45) is 11.7 Å². The van der Waals surface area contributed by atoms with Crippen LogP contribution in [0.3, 0.4) is 0 Å². The van der Waals surface area contributed by atoms with Crippen LogP contribution in [0, 0.1) is 5.92 Å². The minimum Gasteiger partial charge on any atom is -0.348 e. The van der Waals surface area contributed by atoms with Crippen molar-refractivity contribution >= 4 is 0 Å². The summed E-state index contributed by atoms with van der Waals surface area (Å²) in [5, 5.41) is 0. The molecule has 1 aliphatic rings. The summed E-state index contributed by atoms with van der Waals surface area (Å²) in [4.78, 5) is 0. The molecule has 2 nitrogen and oxygen atoms in total. The molecule has 1 unspecified atom stereocenters. The van der Waals surface area contributed by atoms with Crippen molar-refractivity contribution in [3.05, 3.63) is 0 Å². The lowest BCUT2D eigenvalue weighted by Gasteiger charge is -2.24. The fraction of sp³-hybridized carbons (Fsp3) is 1.00. The van der Waals surface area contributed by atoms with E-state index in [2.05, 4.69) is 0 Å². The first-order valence-corrected chi connectivity index (χ1v) is 3.30. The molecule has 54 valence electrons. The fourth-order valence-electron chi connectivity index (χ4n) is 1.03. The van der Waals surface area contributed by atoms with E-state index >= 15 is 0 Å². The quantitative estimate of drug-likeness (QED) is 0.570. The maximum Gasteiger partial charge on any atom is 0.202 e. The Morgan fingerprint density at radius 2 is 2.44 bits per heavy atom. The highest BCUT2D eigenvalue weighted by molar-refractivity contribution is 4.66. The Balaban J connectivity index is 2.30. The molecule has 9 heavy (non-hydrogen) atoms. The van der Waals surface area contributed by atoms with Gasteiger partial charge in [-0.05, 0) is 12.8 Å². The number of ether oxygens (including phenoxy) is 1. The van der Waals surface area contributed by atoms with Gasteiger partial charge in [-0.2, -0.15) is 0 Å². The van der Waals surface area contributed by atoms with Gasteiger partial charge in [0.2, 0.25) is 6.36 Å². The topological polar surface area (TPSA) is 35.2 Å². The molecular formula is C6H12FNO. The maximum atomic E-state index is 12.5. The molecule has 0 bridgehead atoms. The first-order valence-electron chi connectivity index (χ1n) is 3.30. The molecule has 2 atom stereocenters. The summed E-state index contributed by atoms with van der Waals surface area (Å²) in [7, 11) is 0. The van der Waals surface area contributed by atoms with Gasteiger partial charge in [0.25, 0.3) is 0 Å². The second-order valence-corrected chi connectivity index (χ2v) is 2.36. The highest BCUT2D eigenvalue weighted by atomic mass is 19.1. The minimum absolute atomic E-state index is 0.0567. The molecule has 0 aromatic carbocycles. The number of rotatable bonds is 1. The summed E-state index contributed by atoms with van der Waals surface area (Å²) >= 11 is 0. The Labute approximate surface area is 54.2 Å². The summed E-state index contributed by atoms with van der Waals surface area (Å²) in [5.41, 5.74) is 5.27. The van der Waals surface area contributed by atoms with Gasteiger partial charge in [0.15, 0.2) is 0 Å². The van der Waals surface area contributed by atoms with Gasteiger partial charge in [-0.3, -0.25) is 0 Å². The molecule has 0 saturated carbocycles. The van der Waals surface area contributed by atoms with Crippen LogP contribution in [0.1, 0.15) is 12.8 Å². The molecule has 1 fully saturated rings. The van der Waals surface area contributed by atoms with Gasteiger partial charge in [-0.25, -0.2) is 4.39 Å². The molecule has 0 radical (unpaired) electrons. The van der Waals surface area contributed by atoms with E-state index in [9.17, 15) is 4.39 Å². The smallest absolute Gasteiger partial charge is 0.202 e. The van der Waals surface area contributed by atoms with Gasteiger partial charge in [0.1, 0.15) is 0 Å². The monoisotopic (exact) mass is 133 g/mol. The van der Waals surface area contributed by atoms with Crippen molar-refractivity contribution in [2.75, 3.05) is 13.2 Å². The van der Waals surface area contributed by atoms with Gasteiger partial charge in [0, 0.05) is 12.5 Å². The molecule has 0 amide bonds. The summed E-state index contributed by atoms with van der Waals surface area (Å²) in [6.07, 6.45) is 0.712. The van der Waals surface area contributed by atoms with E-state index in [1.165, 1.54) is 0 Å². The van der Waals surface area contributed by atoms with E-state index in [4.69, 9.17) is 10.5 Å². The largest absolute Gasteiger partial charge is 0.348 e. The van der Waals surface area contributed by atoms with Crippen LogP contribution < -0.4 is 5.73 Å². The highest BCUT2D eigenvalue weighted by Crippen LogP contribution is 2.19. The molecule has 3 heteroatoms. The van der Waals surface area contributed by atoms with E-state index < -0.39 is 6.36 Å². The molecule has 1 saturated heterocycles. The third-order valence-electron chi connectivity index (χ3n) is 1.67. The van der Waals surface area contributed by atoms with Gasteiger partial charge in [-0.1, -0.05) is 0 Å². The molecule has 0 aliphatic carbocycles. The summed E-state index contributed by atoms with van der Waals surface area (Å²) in [5.74, 6) is -0.0567. The summed E-state index contributed by atoms with van der Waals surface area (Å²) in [6.45, 7) is 0.957. The second-order valence-electron chi connectivity index (χ2n) is 2.36. The molecule has 0 spiro atoms. The zero-order valence-electron chi connectivity index (χ0n) is 5.35. The summed E-state index contributed by atoms with van der Waals surface area (Å²) < 4.78 is 17.3. The first-order chi connectivity index (χ1) is 4.34. The van der Waals surface area contributed by atoms with Gasteiger partial charge in [-0.15, -0.1) is 0 Å². The fourth-order valence-corrected chi connectivity index (χ4v) is 1.03.